The molecule has 10 heteroatoms. The highest BCUT2D eigenvalue weighted by molar-refractivity contribution is 5.92. The Morgan fingerprint density at radius 3 is 2.57 bits per heavy atom. The molecule has 2 N–H and O–H groups in total. The summed E-state index contributed by atoms with van der Waals surface area (Å²) in [6.07, 6.45) is 3.53. The topological polar surface area (TPSA) is 90.3 Å². The van der Waals surface area contributed by atoms with Crippen LogP contribution < -0.4 is 20.1 Å². The highest BCUT2D eigenvalue weighted by Gasteiger charge is 2.22. The van der Waals surface area contributed by atoms with Gasteiger partial charge in [-0.1, -0.05) is 5.21 Å². The average Bonchev–Trinajstić information content (AvgIpc) is 3.18. The Morgan fingerprint density at radius 1 is 1.29 bits per heavy atom. The fraction of sp³-hybridized carbons (Fsp3) is 0.500. The second kappa shape index (κ2) is 9.70. The number of benzene rings is 1. The number of rotatable bonds is 6. The van der Waals surface area contributed by atoms with Crippen LogP contribution in [0.1, 0.15) is 47.9 Å². The smallest absolute Gasteiger partial charge is 0.273 e. The van der Waals surface area contributed by atoms with Gasteiger partial charge in [-0.05, 0) is 38.9 Å². The highest BCUT2D eigenvalue weighted by Crippen LogP contribution is 2.32. The fourth-order valence-corrected chi connectivity index (χ4v) is 3.18. The van der Waals surface area contributed by atoms with E-state index in [0.717, 1.165) is 25.9 Å². The Balaban J connectivity index is 0.00000280. The molecule has 1 aliphatic heterocycles. The van der Waals surface area contributed by atoms with Crippen LogP contribution in [-0.2, 0) is 0 Å². The van der Waals surface area contributed by atoms with Crippen molar-refractivity contribution in [1.29, 1.82) is 0 Å². The second-order valence-electron chi connectivity index (χ2n) is 6.49. The molecule has 1 fully saturated rings. The monoisotopic (exact) mass is 413 g/mol. The zero-order valence-corrected chi connectivity index (χ0v) is 16.9. The molecular formula is C18H25ClFN5O3. The van der Waals surface area contributed by atoms with Crippen molar-refractivity contribution >= 4 is 18.3 Å². The number of carbonyl (C=O) groups is 1. The lowest BCUT2D eigenvalue weighted by atomic mass is 10.1. The normalized spacial score (nSPS) is 15.4. The minimum Gasteiger partial charge on any atom is -0.493 e. The van der Waals surface area contributed by atoms with Crippen molar-refractivity contribution in [1.82, 2.24) is 25.6 Å². The Morgan fingerprint density at radius 2 is 1.93 bits per heavy atom. The molecule has 0 aliphatic carbocycles. The van der Waals surface area contributed by atoms with E-state index in [0.29, 0.717) is 17.1 Å². The third-order valence-corrected chi connectivity index (χ3v) is 4.74. The number of carbonyl (C=O) groups excluding carboxylic acids is 1. The second-order valence-corrected chi connectivity index (χ2v) is 6.49. The molecule has 1 unspecified atom stereocenters. The maximum absolute atomic E-state index is 14.4. The van der Waals surface area contributed by atoms with Gasteiger partial charge in [-0.15, -0.1) is 17.5 Å². The molecule has 1 saturated heterocycles. The van der Waals surface area contributed by atoms with E-state index in [-0.39, 0.29) is 24.1 Å². The van der Waals surface area contributed by atoms with Crippen LogP contribution in [0.15, 0.2) is 18.3 Å². The number of aromatic nitrogens is 3. The van der Waals surface area contributed by atoms with E-state index in [1.807, 2.05) is 0 Å². The molecule has 1 aromatic carbocycles. The van der Waals surface area contributed by atoms with Gasteiger partial charge in [0.15, 0.2) is 17.2 Å². The van der Waals surface area contributed by atoms with Crippen LogP contribution in [0.3, 0.4) is 0 Å². The summed E-state index contributed by atoms with van der Waals surface area (Å²) in [7, 11) is 2.91. The van der Waals surface area contributed by atoms with E-state index in [9.17, 15) is 9.18 Å². The Hall–Kier alpha value is -2.39. The molecule has 1 atom stereocenters. The minimum atomic E-state index is -0.582. The first-order valence-corrected chi connectivity index (χ1v) is 8.88. The number of amides is 1. The largest absolute Gasteiger partial charge is 0.493 e. The van der Waals surface area contributed by atoms with Gasteiger partial charge in [-0.2, -0.15) is 0 Å². The molecule has 8 nitrogen and oxygen atoms in total. The molecule has 3 rings (SSSR count). The first-order chi connectivity index (χ1) is 13.0. The molecule has 2 heterocycles. The predicted octanol–water partition coefficient (Wildman–Crippen LogP) is 2.27. The van der Waals surface area contributed by atoms with Gasteiger partial charge < -0.3 is 20.1 Å². The predicted molar refractivity (Wildman–Crippen MR) is 104 cm³/mol. The minimum absolute atomic E-state index is 0. The van der Waals surface area contributed by atoms with E-state index in [1.54, 1.807) is 17.8 Å². The van der Waals surface area contributed by atoms with Crippen LogP contribution in [0.25, 0.3) is 0 Å². The van der Waals surface area contributed by atoms with E-state index in [1.165, 1.54) is 26.4 Å². The number of nitrogens with zero attached hydrogens (tertiary/aromatic N) is 3. The lowest BCUT2D eigenvalue weighted by molar-refractivity contribution is 0.0934. The SMILES string of the molecule is COc1cc(F)c(C(C)NC(=O)c2cn(C3CCNCC3)nn2)cc1OC.Cl. The summed E-state index contributed by atoms with van der Waals surface area (Å²) in [5.74, 6) is -0.204. The van der Waals surface area contributed by atoms with Crippen molar-refractivity contribution in [3.05, 3.63) is 35.4 Å². The summed E-state index contributed by atoms with van der Waals surface area (Å²) in [6, 6.07) is 2.41. The lowest BCUT2D eigenvalue weighted by Crippen LogP contribution is -2.29. The number of hydrogen-bond donors (Lipinski definition) is 2. The molecule has 0 spiro atoms. The Bertz CT molecular complexity index is 811. The van der Waals surface area contributed by atoms with E-state index >= 15 is 0 Å². The molecule has 0 saturated carbocycles. The zero-order valence-electron chi connectivity index (χ0n) is 16.1. The Labute approximate surface area is 169 Å². The number of methoxy groups -OCH3 is 2. The van der Waals surface area contributed by atoms with Crippen LogP contribution in [0.5, 0.6) is 11.5 Å². The Kier molecular flexibility index (Phi) is 7.59. The fourth-order valence-electron chi connectivity index (χ4n) is 3.18. The maximum Gasteiger partial charge on any atom is 0.273 e. The van der Waals surface area contributed by atoms with Crippen molar-refractivity contribution in [2.24, 2.45) is 0 Å². The van der Waals surface area contributed by atoms with Crippen molar-refractivity contribution in [2.75, 3.05) is 27.3 Å². The summed E-state index contributed by atoms with van der Waals surface area (Å²) in [4.78, 5) is 12.5. The summed E-state index contributed by atoms with van der Waals surface area (Å²) in [6.45, 7) is 3.53. The van der Waals surface area contributed by atoms with Gasteiger partial charge in [-0.3, -0.25) is 4.79 Å². The van der Waals surface area contributed by atoms with Crippen molar-refractivity contribution in [3.63, 3.8) is 0 Å². The lowest BCUT2D eigenvalue weighted by Gasteiger charge is -2.22. The summed E-state index contributed by atoms with van der Waals surface area (Å²) >= 11 is 0. The zero-order chi connectivity index (χ0) is 19.4. The first-order valence-electron chi connectivity index (χ1n) is 8.88. The standard InChI is InChI=1S/C18H24FN5O3.ClH/c1-11(13-8-16(26-2)17(27-3)9-14(13)19)21-18(25)15-10-24(23-22-15)12-4-6-20-7-5-12;/h8-12,20H,4-7H2,1-3H3,(H,21,25);1H. The van der Waals surface area contributed by atoms with Gasteiger partial charge in [0, 0.05) is 11.6 Å². The van der Waals surface area contributed by atoms with Crippen molar-refractivity contribution in [3.8, 4) is 11.5 Å². The maximum atomic E-state index is 14.4. The van der Waals surface area contributed by atoms with Gasteiger partial charge in [-0.25, -0.2) is 9.07 Å². The molecule has 154 valence electrons. The van der Waals surface area contributed by atoms with Gasteiger partial charge in [0.25, 0.3) is 5.91 Å². The molecule has 0 radical (unpaired) electrons. The molecule has 2 aromatic rings. The first kappa shape index (κ1) is 21.9. The van der Waals surface area contributed by atoms with Crippen LogP contribution in [0, 0.1) is 5.82 Å². The number of piperidine rings is 1. The molecule has 28 heavy (non-hydrogen) atoms. The summed E-state index contributed by atoms with van der Waals surface area (Å²) < 4.78 is 26.4. The third kappa shape index (κ3) is 4.71. The van der Waals surface area contributed by atoms with Crippen LogP contribution in [0.2, 0.25) is 0 Å². The molecule has 0 bridgehead atoms. The number of ether oxygens (including phenoxy) is 2. The number of halogens is 2. The molecule has 1 aromatic heterocycles. The van der Waals surface area contributed by atoms with E-state index < -0.39 is 17.8 Å². The summed E-state index contributed by atoms with van der Waals surface area (Å²) in [5.41, 5.74) is 0.507. The molecule has 1 aliphatic rings. The molecular weight excluding hydrogens is 389 g/mol. The van der Waals surface area contributed by atoms with Gasteiger partial charge in [0.05, 0.1) is 32.5 Å². The molecule has 1 amide bonds. The van der Waals surface area contributed by atoms with Gasteiger partial charge >= 0.3 is 0 Å². The number of hydrogen-bond acceptors (Lipinski definition) is 6. The highest BCUT2D eigenvalue weighted by atomic mass is 35.5. The average molecular weight is 414 g/mol. The summed E-state index contributed by atoms with van der Waals surface area (Å²) in [5, 5.41) is 14.1. The quantitative estimate of drug-likeness (QED) is 0.755. The van der Waals surface area contributed by atoms with Crippen LogP contribution >= 0.6 is 12.4 Å². The third-order valence-electron chi connectivity index (χ3n) is 4.74. The number of nitrogens with one attached hydrogen (secondary N) is 2. The van der Waals surface area contributed by atoms with E-state index in [4.69, 9.17) is 9.47 Å². The van der Waals surface area contributed by atoms with Gasteiger partial charge in [0.2, 0.25) is 0 Å². The van der Waals surface area contributed by atoms with Crippen LogP contribution in [0.4, 0.5) is 4.39 Å². The van der Waals surface area contributed by atoms with Gasteiger partial charge in [0.1, 0.15) is 5.82 Å². The van der Waals surface area contributed by atoms with Crippen LogP contribution in [-0.4, -0.2) is 48.2 Å². The van der Waals surface area contributed by atoms with E-state index in [2.05, 4.69) is 20.9 Å². The van der Waals surface area contributed by atoms with Crippen molar-refractivity contribution < 1.29 is 18.7 Å². The van der Waals surface area contributed by atoms with Crippen molar-refractivity contribution in [2.45, 2.75) is 31.8 Å².